The maximum atomic E-state index is 11.9. The van der Waals surface area contributed by atoms with E-state index in [0.29, 0.717) is 5.56 Å². The number of esters is 2. The first kappa shape index (κ1) is 16.4. The standard InChI is InChI=1S/C15H17NO5/c1-3-20-14(18)11(12(16)15(19)21-4-2)13(17)10-8-6-5-7-9-10/h5-9,16-17H,3-4H2,1-2H3. The van der Waals surface area contributed by atoms with Gasteiger partial charge in [0.15, 0.2) is 5.71 Å². The maximum Gasteiger partial charge on any atom is 0.357 e. The lowest BCUT2D eigenvalue weighted by Crippen LogP contribution is -2.26. The summed E-state index contributed by atoms with van der Waals surface area (Å²) in [6, 6.07) is 8.14. The van der Waals surface area contributed by atoms with E-state index in [1.54, 1.807) is 44.2 Å². The van der Waals surface area contributed by atoms with Gasteiger partial charge in [-0.25, -0.2) is 9.59 Å². The molecule has 6 heteroatoms. The summed E-state index contributed by atoms with van der Waals surface area (Å²) in [6.45, 7) is 3.28. The van der Waals surface area contributed by atoms with Gasteiger partial charge in [-0.05, 0) is 13.8 Å². The number of rotatable bonds is 6. The Labute approximate surface area is 122 Å². The van der Waals surface area contributed by atoms with E-state index in [2.05, 4.69) is 4.74 Å². The number of benzene rings is 1. The Morgan fingerprint density at radius 2 is 1.57 bits per heavy atom. The van der Waals surface area contributed by atoms with Crippen molar-refractivity contribution in [1.82, 2.24) is 0 Å². The largest absolute Gasteiger partial charge is 0.506 e. The van der Waals surface area contributed by atoms with Crippen LogP contribution < -0.4 is 0 Å². The molecule has 0 aliphatic carbocycles. The summed E-state index contributed by atoms with van der Waals surface area (Å²) >= 11 is 0. The van der Waals surface area contributed by atoms with Gasteiger partial charge in [-0.1, -0.05) is 30.3 Å². The van der Waals surface area contributed by atoms with Crippen molar-refractivity contribution in [2.45, 2.75) is 13.8 Å². The van der Waals surface area contributed by atoms with Crippen molar-refractivity contribution in [2.24, 2.45) is 0 Å². The van der Waals surface area contributed by atoms with Gasteiger partial charge in [0.2, 0.25) is 0 Å². The van der Waals surface area contributed by atoms with Gasteiger partial charge in [-0.3, -0.25) is 5.41 Å². The Balaban J connectivity index is 3.28. The number of aliphatic hydroxyl groups excluding tert-OH is 1. The number of ether oxygens (including phenoxy) is 2. The monoisotopic (exact) mass is 291 g/mol. The third-order valence-corrected chi connectivity index (χ3v) is 2.49. The zero-order valence-corrected chi connectivity index (χ0v) is 11.9. The summed E-state index contributed by atoms with van der Waals surface area (Å²) in [5.74, 6) is -2.44. The highest BCUT2D eigenvalue weighted by molar-refractivity contribution is 6.49. The van der Waals surface area contributed by atoms with Crippen LogP contribution in [0.25, 0.3) is 5.76 Å². The normalized spacial score (nSPS) is 11.3. The van der Waals surface area contributed by atoms with E-state index in [9.17, 15) is 14.7 Å². The number of hydrogen-bond donors (Lipinski definition) is 2. The molecule has 0 radical (unpaired) electrons. The lowest BCUT2D eigenvalue weighted by molar-refractivity contribution is -0.139. The van der Waals surface area contributed by atoms with Crippen LogP contribution in [0.3, 0.4) is 0 Å². The molecular weight excluding hydrogens is 274 g/mol. The van der Waals surface area contributed by atoms with Crippen LogP contribution in [-0.2, 0) is 19.1 Å². The molecule has 0 fully saturated rings. The summed E-state index contributed by atoms with van der Waals surface area (Å²) in [5.41, 5.74) is -0.951. The second kappa shape index (κ2) is 7.84. The quantitative estimate of drug-likeness (QED) is 0.362. The molecule has 0 aliphatic rings. The maximum absolute atomic E-state index is 11.9. The van der Waals surface area contributed by atoms with E-state index in [1.807, 2.05) is 0 Å². The highest BCUT2D eigenvalue weighted by Crippen LogP contribution is 2.18. The molecule has 1 aromatic rings. The second-order valence-electron chi connectivity index (χ2n) is 3.91. The molecule has 0 aliphatic heterocycles. The van der Waals surface area contributed by atoms with Gasteiger partial charge in [0.25, 0.3) is 0 Å². The van der Waals surface area contributed by atoms with Crippen molar-refractivity contribution in [3.05, 3.63) is 41.5 Å². The van der Waals surface area contributed by atoms with Crippen LogP contribution in [0, 0.1) is 5.41 Å². The van der Waals surface area contributed by atoms with E-state index >= 15 is 0 Å². The van der Waals surface area contributed by atoms with Crippen molar-refractivity contribution < 1.29 is 24.2 Å². The molecule has 1 rings (SSSR count). The van der Waals surface area contributed by atoms with Gasteiger partial charge in [-0.15, -0.1) is 0 Å². The molecule has 21 heavy (non-hydrogen) atoms. The molecule has 0 spiro atoms. The van der Waals surface area contributed by atoms with Crippen LogP contribution in [0.5, 0.6) is 0 Å². The summed E-state index contributed by atoms with van der Waals surface area (Å²) in [7, 11) is 0. The molecule has 0 saturated heterocycles. The van der Waals surface area contributed by atoms with Crippen LogP contribution in [0.2, 0.25) is 0 Å². The summed E-state index contributed by atoms with van der Waals surface area (Å²) in [4.78, 5) is 23.5. The fourth-order valence-corrected chi connectivity index (χ4v) is 1.57. The van der Waals surface area contributed by atoms with E-state index in [-0.39, 0.29) is 13.2 Å². The van der Waals surface area contributed by atoms with Gasteiger partial charge >= 0.3 is 11.9 Å². The first-order valence-corrected chi connectivity index (χ1v) is 6.44. The Morgan fingerprint density at radius 3 is 2.10 bits per heavy atom. The minimum absolute atomic E-state index is 0.0561. The van der Waals surface area contributed by atoms with Gasteiger partial charge in [0.05, 0.1) is 13.2 Å². The van der Waals surface area contributed by atoms with Gasteiger partial charge in [0.1, 0.15) is 11.3 Å². The van der Waals surface area contributed by atoms with Gasteiger partial charge in [-0.2, -0.15) is 0 Å². The van der Waals surface area contributed by atoms with Crippen LogP contribution in [0.4, 0.5) is 0 Å². The topological polar surface area (TPSA) is 96.7 Å². The predicted molar refractivity (Wildman–Crippen MR) is 77.0 cm³/mol. The van der Waals surface area contributed by atoms with Crippen molar-refractivity contribution in [1.29, 1.82) is 5.41 Å². The summed E-state index contributed by atoms with van der Waals surface area (Å²) in [6.07, 6.45) is 0. The minimum atomic E-state index is -0.997. The third kappa shape index (κ3) is 4.17. The van der Waals surface area contributed by atoms with E-state index in [1.165, 1.54) is 0 Å². The highest BCUT2D eigenvalue weighted by Gasteiger charge is 2.28. The van der Waals surface area contributed by atoms with Crippen LogP contribution >= 0.6 is 0 Å². The van der Waals surface area contributed by atoms with Crippen LogP contribution in [-0.4, -0.2) is 36.0 Å². The molecular formula is C15H17NO5. The summed E-state index contributed by atoms with van der Waals surface area (Å²) in [5, 5.41) is 17.9. The highest BCUT2D eigenvalue weighted by atomic mass is 16.5. The predicted octanol–water partition coefficient (Wildman–Crippen LogP) is 2.10. The van der Waals surface area contributed by atoms with Crippen LogP contribution in [0.15, 0.2) is 35.9 Å². The fourth-order valence-electron chi connectivity index (χ4n) is 1.57. The molecule has 0 bridgehead atoms. The number of nitrogens with one attached hydrogen (secondary N) is 1. The van der Waals surface area contributed by atoms with Crippen molar-refractivity contribution >= 4 is 23.4 Å². The smallest absolute Gasteiger partial charge is 0.357 e. The SMILES string of the molecule is CCOC(=O)C(=N)C(C(=O)OCC)=C(O)c1ccccc1. The summed E-state index contributed by atoms with van der Waals surface area (Å²) < 4.78 is 9.47. The number of carbonyl (C=O) groups is 2. The molecule has 0 unspecified atom stereocenters. The molecule has 2 N–H and O–H groups in total. The molecule has 0 amide bonds. The lowest BCUT2D eigenvalue weighted by atomic mass is 10.0. The second-order valence-corrected chi connectivity index (χ2v) is 3.91. The molecule has 0 atom stereocenters. The Bertz CT molecular complexity index is 563. The van der Waals surface area contributed by atoms with Crippen molar-refractivity contribution in [2.75, 3.05) is 13.2 Å². The fraction of sp³-hybridized carbons (Fsp3) is 0.267. The van der Waals surface area contributed by atoms with E-state index < -0.39 is 29.0 Å². The third-order valence-electron chi connectivity index (χ3n) is 2.49. The van der Waals surface area contributed by atoms with E-state index in [0.717, 1.165) is 0 Å². The first-order valence-electron chi connectivity index (χ1n) is 6.44. The molecule has 1 aromatic carbocycles. The van der Waals surface area contributed by atoms with Crippen LogP contribution in [0.1, 0.15) is 19.4 Å². The minimum Gasteiger partial charge on any atom is -0.506 e. The van der Waals surface area contributed by atoms with Gasteiger partial charge < -0.3 is 14.6 Å². The average molecular weight is 291 g/mol. The van der Waals surface area contributed by atoms with Gasteiger partial charge in [0, 0.05) is 5.56 Å². The molecule has 0 heterocycles. The Kier molecular flexibility index (Phi) is 6.13. The average Bonchev–Trinajstić information content (AvgIpc) is 2.48. The lowest BCUT2D eigenvalue weighted by Gasteiger charge is -2.11. The van der Waals surface area contributed by atoms with Crippen molar-refractivity contribution in [3.8, 4) is 0 Å². The number of hydrogen-bond acceptors (Lipinski definition) is 6. The molecule has 0 saturated carbocycles. The Morgan fingerprint density at radius 1 is 1.05 bits per heavy atom. The zero-order valence-electron chi connectivity index (χ0n) is 11.9. The first-order chi connectivity index (χ1) is 10.0. The Hall–Kier alpha value is -2.63. The molecule has 6 nitrogen and oxygen atoms in total. The molecule has 112 valence electrons. The zero-order chi connectivity index (χ0) is 15.8. The number of aliphatic hydroxyl groups is 1. The van der Waals surface area contributed by atoms with E-state index in [4.69, 9.17) is 10.1 Å². The van der Waals surface area contributed by atoms with Crippen molar-refractivity contribution in [3.63, 3.8) is 0 Å². The molecule has 0 aromatic heterocycles. The number of carbonyl (C=O) groups excluding carboxylic acids is 2.